The van der Waals surface area contributed by atoms with Gasteiger partial charge in [0.05, 0.1) is 6.61 Å². The van der Waals surface area contributed by atoms with E-state index < -0.39 is 18.0 Å². The number of carboxylic acid groups (broad SMARTS) is 1. The predicted molar refractivity (Wildman–Crippen MR) is 46.1 cm³/mol. The van der Waals surface area contributed by atoms with Crippen LogP contribution in [0.15, 0.2) is 0 Å². The molecule has 0 aliphatic carbocycles. The summed E-state index contributed by atoms with van der Waals surface area (Å²) in [7, 11) is 0. The van der Waals surface area contributed by atoms with Crippen molar-refractivity contribution in [3.8, 4) is 0 Å². The smallest absolute Gasteiger partial charge is 0.322 e. The van der Waals surface area contributed by atoms with Crippen LogP contribution in [-0.4, -0.2) is 24.6 Å². The lowest BCUT2D eigenvalue weighted by molar-refractivity contribution is -0.305. The first kappa shape index (κ1) is 14.7. The fourth-order valence-electron chi connectivity index (χ4n) is 0.641. The number of carboxylic acids is 1. The molecule has 0 rings (SSSR count). The summed E-state index contributed by atoms with van der Waals surface area (Å²) in [6.45, 7) is 1.90. The van der Waals surface area contributed by atoms with Gasteiger partial charge >= 0.3 is 5.97 Å². The van der Waals surface area contributed by atoms with E-state index in [0.717, 1.165) is 0 Å². The molecule has 0 saturated heterocycles. The summed E-state index contributed by atoms with van der Waals surface area (Å²) in [5, 5.41) is 9.97. The van der Waals surface area contributed by atoms with Gasteiger partial charge in [-0.1, -0.05) is 0 Å². The van der Waals surface area contributed by atoms with Crippen LogP contribution in [0.4, 0.5) is 0 Å². The lowest BCUT2D eigenvalue weighted by Gasteiger charge is -2.09. The van der Waals surface area contributed by atoms with E-state index in [-0.39, 0.29) is 31.9 Å². The number of carbonyl (C=O) groups is 2. The highest BCUT2D eigenvalue weighted by Gasteiger charge is 2.13. The summed E-state index contributed by atoms with van der Waals surface area (Å²) in [6.07, 6.45) is -0.166. The number of rotatable bonds is 5. The number of halogens is 1. The molecule has 0 spiro atoms. The van der Waals surface area contributed by atoms with Gasteiger partial charge in [-0.3, -0.25) is 4.79 Å². The molecule has 0 aromatic rings. The molecule has 0 radical (unpaired) electrons. The third-order valence-electron chi connectivity index (χ3n) is 1.25. The minimum atomic E-state index is -1.21. The van der Waals surface area contributed by atoms with Crippen molar-refractivity contribution in [3.63, 3.8) is 0 Å². The number of nitrogens with two attached hydrogens (primary N) is 1. The Balaban J connectivity index is 0. The topological polar surface area (TPSA) is 92.5 Å². The summed E-state index contributed by atoms with van der Waals surface area (Å²) in [5.74, 6) is -1.78. The maximum Gasteiger partial charge on any atom is 0.322 e. The Morgan fingerprint density at radius 1 is 1.54 bits per heavy atom. The Morgan fingerprint density at radius 2 is 2.08 bits per heavy atom. The van der Waals surface area contributed by atoms with Gasteiger partial charge in [-0.25, -0.2) is 0 Å². The van der Waals surface area contributed by atoms with Crippen molar-refractivity contribution in [2.45, 2.75) is 25.8 Å². The van der Waals surface area contributed by atoms with Crippen LogP contribution < -0.4 is 10.8 Å². The average Bonchev–Trinajstić information content (AvgIpc) is 2.00. The summed E-state index contributed by atoms with van der Waals surface area (Å²) in [6, 6.07) is -0.858. The Morgan fingerprint density at radius 3 is 2.46 bits per heavy atom. The minimum Gasteiger partial charge on any atom is -0.550 e. The molecule has 0 bridgehead atoms. The first-order valence-corrected chi connectivity index (χ1v) is 3.70. The molecule has 2 N–H and O–H groups in total. The maximum absolute atomic E-state index is 10.8. The largest absolute Gasteiger partial charge is 0.550 e. The molecule has 0 aliphatic rings. The lowest BCUT2D eigenvalue weighted by Crippen LogP contribution is -2.34. The first-order chi connectivity index (χ1) is 5.57. The number of esters is 1. The molecule has 1 unspecified atom stereocenters. The molecule has 0 amide bonds. The number of hydrogen-bond donors (Lipinski definition) is 1. The molecule has 0 aliphatic heterocycles. The van der Waals surface area contributed by atoms with Crippen molar-refractivity contribution in [2.24, 2.45) is 5.73 Å². The number of ether oxygens (including phenoxy) is 1. The van der Waals surface area contributed by atoms with Crippen LogP contribution in [-0.2, 0) is 14.3 Å². The molecule has 78 valence electrons. The Hall–Kier alpha value is -0.810. The van der Waals surface area contributed by atoms with Crippen LogP contribution in [0.2, 0.25) is 0 Å². The SMILES string of the molecule is CCOC(=O)C(N)CCC(=O)[O-].Cl. The van der Waals surface area contributed by atoms with Gasteiger partial charge < -0.3 is 20.4 Å². The first-order valence-electron chi connectivity index (χ1n) is 3.70. The third-order valence-corrected chi connectivity index (χ3v) is 1.25. The number of carbonyl (C=O) groups excluding carboxylic acids is 2. The van der Waals surface area contributed by atoms with Crippen molar-refractivity contribution < 1.29 is 19.4 Å². The van der Waals surface area contributed by atoms with Gasteiger partial charge in [-0.15, -0.1) is 12.4 Å². The second-order valence-corrected chi connectivity index (χ2v) is 2.27. The van der Waals surface area contributed by atoms with Gasteiger partial charge in [0.15, 0.2) is 0 Å². The standard InChI is InChI=1S/C7H13NO4.ClH/c1-2-12-7(11)5(8)3-4-6(9)10;/h5H,2-4,8H2,1H3,(H,9,10);1H/p-1. The van der Waals surface area contributed by atoms with Gasteiger partial charge in [0.1, 0.15) is 6.04 Å². The molecule has 1 atom stereocenters. The Labute approximate surface area is 82.7 Å². The molecular formula is C7H13ClNO4-. The average molecular weight is 211 g/mol. The maximum atomic E-state index is 10.8. The highest BCUT2D eigenvalue weighted by Crippen LogP contribution is 1.95. The van der Waals surface area contributed by atoms with Crippen molar-refractivity contribution >= 4 is 24.3 Å². The van der Waals surface area contributed by atoms with E-state index in [1.54, 1.807) is 6.92 Å². The Kier molecular flexibility index (Phi) is 8.84. The van der Waals surface area contributed by atoms with Gasteiger partial charge in [-0.05, 0) is 19.8 Å². The summed E-state index contributed by atoms with van der Waals surface area (Å²) in [5.41, 5.74) is 5.29. The fourth-order valence-corrected chi connectivity index (χ4v) is 0.641. The summed E-state index contributed by atoms with van der Waals surface area (Å²) in [4.78, 5) is 20.8. The highest BCUT2D eigenvalue weighted by molar-refractivity contribution is 5.85. The molecule has 0 saturated carbocycles. The molecule has 5 nitrogen and oxygen atoms in total. The third kappa shape index (κ3) is 7.55. The second kappa shape index (κ2) is 7.82. The van der Waals surface area contributed by atoms with E-state index in [4.69, 9.17) is 5.73 Å². The number of aliphatic carboxylic acids is 1. The van der Waals surface area contributed by atoms with Crippen molar-refractivity contribution in [2.75, 3.05) is 6.61 Å². The van der Waals surface area contributed by atoms with E-state index in [1.165, 1.54) is 0 Å². The van der Waals surface area contributed by atoms with Crippen LogP contribution in [0.5, 0.6) is 0 Å². The molecule has 0 fully saturated rings. The number of hydrogen-bond acceptors (Lipinski definition) is 5. The second-order valence-electron chi connectivity index (χ2n) is 2.27. The Bertz CT molecular complexity index is 174. The predicted octanol–water partition coefficient (Wildman–Crippen LogP) is -1.17. The van der Waals surface area contributed by atoms with Crippen LogP contribution in [0.25, 0.3) is 0 Å². The van der Waals surface area contributed by atoms with Crippen LogP contribution in [0.1, 0.15) is 19.8 Å². The van der Waals surface area contributed by atoms with Gasteiger partial charge in [0.25, 0.3) is 0 Å². The molecule has 13 heavy (non-hydrogen) atoms. The molecule has 0 aromatic heterocycles. The normalized spacial score (nSPS) is 11.2. The zero-order valence-corrected chi connectivity index (χ0v) is 8.13. The van der Waals surface area contributed by atoms with Crippen LogP contribution in [0, 0.1) is 0 Å². The van der Waals surface area contributed by atoms with E-state index in [0.29, 0.717) is 0 Å². The summed E-state index contributed by atoms with van der Waals surface area (Å²) >= 11 is 0. The molecule has 0 aromatic carbocycles. The zero-order valence-electron chi connectivity index (χ0n) is 7.32. The van der Waals surface area contributed by atoms with Gasteiger partial charge in [0, 0.05) is 5.97 Å². The molecule has 0 heterocycles. The van der Waals surface area contributed by atoms with Gasteiger partial charge in [-0.2, -0.15) is 0 Å². The quantitative estimate of drug-likeness (QED) is 0.577. The van der Waals surface area contributed by atoms with Crippen LogP contribution in [0.3, 0.4) is 0 Å². The zero-order chi connectivity index (χ0) is 9.56. The van der Waals surface area contributed by atoms with E-state index >= 15 is 0 Å². The van der Waals surface area contributed by atoms with E-state index in [9.17, 15) is 14.7 Å². The van der Waals surface area contributed by atoms with E-state index in [1.807, 2.05) is 0 Å². The van der Waals surface area contributed by atoms with Crippen LogP contribution >= 0.6 is 12.4 Å². The summed E-state index contributed by atoms with van der Waals surface area (Å²) < 4.78 is 4.56. The lowest BCUT2D eigenvalue weighted by atomic mass is 10.2. The molecule has 6 heteroatoms. The van der Waals surface area contributed by atoms with Crippen molar-refractivity contribution in [3.05, 3.63) is 0 Å². The minimum absolute atomic E-state index is 0. The fraction of sp³-hybridized carbons (Fsp3) is 0.714. The monoisotopic (exact) mass is 210 g/mol. The van der Waals surface area contributed by atoms with Crippen molar-refractivity contribution in [1.29, 1.82) is 0 Å². The highest BCUT2D eigenvalue weighted by atomic mass is 35.5. The molecular weight excluding hydrogens is 198 g/mol. The van der Waals surface area contributed by atoms with Crippen molar-refractivity contribution in [1.82, 2.24) is 0 Å². The van der Waals surface area contributed by atoms with Gasteiger partial charge in [0.2, 0.25) is 0 Å². The van der Waals surface area contributed by atoms with E-state index in [2.05, 4.69) is 4.74 Å².